The fourth-order valence-electron chi connectivity index (χ4n) is 5.08. The van der Waals surface area contributed by atoms with Crippen molar-refractivity contribution in [1.29, 1.82) is 0 Å². The van der Waals surface area contributed by atoms with Crippen LogP contribution < -0.4 is 9.64 Å². The molecule has 5 rings (SSSR count). The number of morpholine rings is 1. The van der Waals surface area contributed by atoms with Crippen LogP contribution in [0, 0.1) is 5.92 Å². The first kappa shape index (κ1) is 22.4. The number of benzene rings is 2. The van der Waals surface area contributed by atoms with Crippen molar-refractivity contribution in [2.24, 2.45) is 5.92 Å². The summed E-state index contributed by atoms with van der Waals surface area (Å²) in [5, 5.41) is 0. The molecule has 34 heavy (non-hydrogen) atoms. The van der Waals surface area contributed by atoms with Crippen LogP contribution in [0.25, 0.3) is 0 Å². The molecule has 2 saturated heterocycles. The Hall–Kier alpha value is -3.39. The molecule has 3 amide bonds. The Morgan fingerprint density at radius 1 is 1.03 bits per heavy atom. The fraction of sp³-hybridized carbons (Fsp3) is 0.423. The predicted molar refractivity (Wildman–Crippen MR) is 126 cm³/mol. The van der Waals surface area contributed by atoms with Gasteiger partial charge in [-0.1, -0.05) is 18.2 Å². The molecule has 0 aliphatic carbocycles. The van der Waals surface area contributed by atoms with Crippen LogP contribution in [-0.4, -0.2) is 74.0 Å². The van der Waals surface area contributed by atoms with E-state index in [0.29, 0.717) is 44.0 Å². The van der Waals surface area contributed by atoms with Crippen LogP contribution in [0.1, 0.15) is 39.1 Å². The molecule has 8 heteroatoms. The minimum Gasteiger partial charge on any atom is -0.497 e. The zero-order chi connectivity index (χ0) is 23.7. The lowest BCUT2D eigenvalue weighted by atomic mass is 9.94. The van der Waals surface area contributed by atoms with Gasteiger partial charge in [-0.15, -0.1) is 0 Å². The number of amides is 3. The van der Waals surface area contributed by atoms with Crippen molar-refractivity contribution in [2.75, 3.05) is 51.4 Å². The molecule has 0 spiro atoms. The van der Waals surface area contributed by atoms with E-state index < -0.39 is 0 Å². The molecule has 0 N–H and O–H groups in total. The molecule has 3 aliphatic heterocycles. The van der Waals surface area contributed by atoms with E-state index in [4.69, 9.17) is 9.47 Å². The Labute approximate surface area is 199 Å². The smallest absolute Gasteiger partial charge is 0.263 e. The first-order valence-corrected chi connectivity index (χ1v) is 11.8. The largest absolute Gasteiger partial charge is 0.497 e. The van der Waals surface area contributed by atoms with E-state index in [0.717, 1.165) is 36.4 Å². The van der Waals surface area contributed by atoms with Crippen LogP contribution >= 0.6 is 0 Å². The normalized spacial score (nSPS) is 20.5. The highest BCUT2D eigenvalue weighted by atomic mass is 16.5. The first-order valence-electron chi connectivity index (χ1n) is 11.8. The second-order valence-electron chi connectivity index (χ2n) is 8.97. The molecule has 2 fully saturated rings. The maximum atomic E-state index is 13.4. The number of methoxy groups -OCH3 is 1. The Bertz CT molecular complexity index is 1090. The van der Waals surface area contributed by atoms with Crippen molar-refractivity contribution >= 4 is 23.4 Å². The van der Waals surface area contributed by atoms with Crippen molar-refractivity contribution in [3.8, 4) is 5.75 Å². The lowest BCUT2D eigenvalue weighted by Gasteiger charge is -2.37. The summed E-state index contributed by atoms with van der Waals surface area (Å²) in [5.41, 5.74) is 2.47. The number of hydrogen-bond donors (Lipinski definition) is 0. The number of piperidine rings is 1. The van der Waals surface area contributed by atoms with Gasteiger partial charge in [0.2, 0.25) is 5.91 Å². The maximum Gasteiger partial charge on any atom is 0.263 e. The van der Waals surface area contributed by atoms with Crippen LogP contribution in [0.15, 0.2) is 42.5 Å². The average molecular weight is 464 g/mol. The van der Waals surface area contributed by atoms with Gasteiger partial charge in [-0.05, 0) is 42.7 Å². The third-order valence-electron chi connectivity index (χ3n) is 6.91. The molecular formula is C26H29N3O5. The number of fused-ring (bicyclic) bond motifs is 1. The predicted octanol–water partition coefficient (Wildman–Crippen LogP) is 2.57. The summed E-state index contributed by atoms with van der Waals surface area (Å²) in [6.45, 7) is 3.92. The molecule has 2 aromatic carbocycles. The molecule has 1 atom stereocenters. The van der Waals surface area contributed by atoms with Gasteiger partial charge in [-0.25, -0.2) is 0 Å². The topological polar surface area (TPSA) is 79.4 Å². The van der Waals surface area contributed by atoms with Gasteiger partial charge in [0, 0.05) is 26.2 Å². The van der Waals surface area contributed by atoms with Gasteiger partial charge in [0.25, 0.3) is 11.8 Å². The monoisotopic (exact) mass is 463 g/mol. The van der Waals surface area contributed by atoms with Gasteiger partial charge in [0.05, 0.1) is 49.6 Å². The van der Waals surface area contributed by atoms with E-state index >= 15 is 0 Å². The third kappa shape index (κ3) is 4.14. The molecule has 0 radical (unpaired) electrons. The Kier molecular flexibility index (Phi) is 6.24. The van der Waals surface area contributed by atoms with Gasteiger partial charge < -0.3 is 19.3 Å². The molecule has 3 aliphatic rings. The zero-order valence-electron chi connectivity index (χ0n) is 19.4. The Morgan fingerprint density at radius 2 is 1.79 bits per heavy atom. The SMILES string of the molecule is COc1ccc(CN2C(=O)c3cccc(N4CCCC(C(=O)N5CCOCC5)C4)c3C2=O)cc1. The summed E-state index contributed by atoms with van der Waals surface area (Å²) in [6.07, 6.45) is 1.69. The molecule has 0 aromatic heterocycles. The summed E-state index contributed by atoms with van der Waals surface area (Å²) in [4.78, 5) is 44.9. The second-order valence-corrected chi connectivity index (χ2v) is 8.97. The maximum absolute atomic E-state index is 13.4. The molecular weight excluding hydrogens is 434 g/mol. The summed E-state index contributed by atoms with van der Waals surface area (Å²) in [5.74, 6) is 0.192. The molecule has 1 unspecified atom stereocenters. The molecule has 0 bridgehead atoms. The van der Waals surface area contributed by atoms with E-state index in [1.54, 1.807) is 13.2 Å². The summed E-state index contributed by atoms with van der Waals surface area (Å²) in [7, 11) is 1.60. The molecule has 0 saturated carbocycles. The lowest BCUT2D eigenvalue weighted by molar-refractivity contribution is -0.139. The summed E-state index contributed by atoms with van der Waals surface area (Å²) < 4.78 is 10.6. The lowest BCUT2D eigenvalue weighted by Crippen LogP contribution is -2.48. The zero-order valence-corrected chi connectivity index (χ0v) is 19.4. The Balaban J connectivity index is 1.36. The first-order chi connectivity index (χ1) is 16.6. The highest BCUT2D eigenvalue weighted by Crippen LogP contribution is 2.35. The van der Waals surface area contributed by atoms with Gasteiger partial charge in [0.15, 0.2) is 0 Å². The average Bonchev–Trinajstić information content (AvgIpc) is 3.14. The van der Waals surface area contributed by atoms with E-state index in [1.807, 2.05) is 41.3 Å². The van der Waals surface area contributed by atoms with Crippen molar-refractivity contribution < 1.29 is 23.9 Å². The quantitative estimate of drug-likeness (QED) is 0.635. The van der Waals surface area contributed by atoms with E-state index in [2.05, 4.69) is 4.90 Å². The molecule has 3 heterocycles. The number of ether oxygens (including phenoxy) is 2. The number of carbonyl (C=O) groups excluding carboxylic acids is 3. The van der Waals surface area contributed by atoms with E-state index in [1.165, 1.54) is 4.90 Å². The molecule has 178 valence electrons. The van der Waals surface area contributed by atoms with Crippen LogP contribution in [0.2, 0.25) is 0 Å². The van der Waals surface area contributed by atoms with E-state index in [-0.39, 0.29) is 30.2 Å². The number of imide groups is 1. The van der Waals surface area contributed by atoms with Crippen molar-refractivity contribution in [3.05, 3.63) is 59.2 Å². The summed E-state index contributed by atoms with van der Waals surface area (Å²) >= 11 is 0. The number of anilines is 1. The van der Waals surface area contributed by atoms with E-state index in [9.17, 15) is 14.4 Å². The van der Waals surface area contributed by atoms with Crippen LogP contribution in [-0.2, 0) is 16.1 Å². The minimum absolute atomic E-state index is 0.120. The van der Waals surface area contributed by atoms with Crippen LogP contribution in [0.3, 0.4) is 0 Å². The standard InChI is InChI=1S/C26H29N3O5/c1-33-20-9-7-18(8-10-20)16-29-25(31)21-5-2-6-22(23(21)26(29)32)28-11-3-4-19(17-28)24(30)27-12-14-34-15-13-27/h2,5-10,19H,3-4,11-17H2,1H3. The number of rotatable bonds is 5. The number of nitrogens with zero attached hydrogens (tertiary/aromatic N) is 3. The fourth-order valence-corrected chi connectivity index (χ4v) is 5.08. The van der Waals surface area contributed by atoms with Crippen LogP contribution in [0.5, 0.6) is 5.75 Å². The van der Waals surface area contributed by atoms with Gasteiger partial charge in [0.1, 0.15) is 5.75 Å². The highest BCUT2D eigenvalue weighted by Gasteiger charge is 2.39. The van der Waals surface area contributed by atoms with Gasteiger partial charge >= 0.3 is 0 Å². The summed E-state index contributed by atoms with van der Waals surface area (Å²) in [6, 6.07) is 12.8. The molecule has 8 nitrogen and oxygen atoms in total. The number of carbonyl (C=O) groups is 3. The molecule has 2 aromatic rings. The van der Waals surface area contributed by atoms with Gasteiger partial charge in [-0.3, -0.25) is 19.3 Å². The van der Waals surface area contributed by atoms with Crippen molar-refractivity contribution in [3.63, 3.8) is 0 Å². The minimum atomic E-state index is -0.284. The second kappa shape index (κ2) is 9.46. The Morgan fingerprint density at radius 3 is 2.53 bits per heavy atom. The van der Waals surface area contributed by atoms with Gasteiger partial charge in [-0.2, -0.15) is 0 Å². The highest BCUT2D eigenvalue weighted by molar-refractivity contribution is 6.23. The number of hydrogen-bond acceptors (Lipinski definition) is 6. The van der Waals surface area contributed by atoms with Crippen LogP contribution in [0.4, 0.5) is 5.69 Å². The van der Waals surface area contributed by atoms with Crippen molar-refractivity contribution in [2.45, 2.75) is 19.4 Å². The van der Waals surface area contributed by atoms with Crippen molar-refractivity contribution in [1.82, 2.24) is 9.80 Å². The third-order valence-corrected chi connectivity index (χ3v) is 6.91.